The highest BCUT2D eigenvalue weighted by atomic mass is 16.3. The third-order valence-corrected chi connectivity index (χ3v) is 3.86. The summed E-state index contributed by atoms with van der Waals surface area (Å²) in [5.74, 6) is -0.389. The normalized spacial score (nSPS) is 19.9. The Morgan fingerprint density at radius 2 is 2.05 bits per heavy atom. The molecule has 2 rings (SSSR count). The Bertz CT molecular complexity index is 488. The topological polar surface area (TPSA) is 69.6 Å². The van der Waals surface area contributed by atoms with Crippen molar-refractivity contribution in [3.63, 3.8) is 0 Å². The van der Waals surface area contributed by atoms with Crippen molar-refractivity contribution in [3.05, 3.63) is 35.9 Å². The summed E-state index contributed by atoms with van der Waals surface area (Å²) in [5, 5.41) is 12.4. The summed E-state index contributed by atoms with van der Waals surface area (Å²) in [5.41, 5.74) is 0.538. The van der Waals surface area contributed by atoms with Crippen LogP contribution < -0.4 is 5.32 Å². The number of benzene rings is 1. The first kappa shape index (κ1) is 15.5. The summed E-state index contributed by atoms with van der Waals surface area (Å²) >= 11 is 0. The predicted molar refractivity (Wildman–Crippen MR) is 79.8 cm³/mol. The van der Waals surface area contributed by atoms with Gasteiger partial charge in [0.15, 0.2) is 0 Å². The summed E-state index contributed by atoms with van der Waals surface area (Å²) in [7, 11) is 0. The van der Waals surface area contributed by atoms with Crippen molar-refractivity contribution < 1.29 is 14.7 Å². The van der Waals surface area contributed by atoms with Crippen molar-refractivity contribution in [2.24, 2.45) is 0 Å². The molecule has 2 N–H and O–H groups in total. The highest BCUT2D eigenvalue weighted by Crippen LogP contribution is 2.19. The number of nitrogens with zero attached hydrogens (tertiary/aromatic N) is 1. The van der Waals surface area contributed by atoms with Gasteiger partial charge in [0.05, 0.1) is 18.7 Å². The van der Waals surface area contributed by atoms with Gasteiger partial charge in [-0.05, 0) is 38.3 Å². The van der Waals surface area contributed by atoms with Gasteiger partial charge in [-0.3, -0.25) is 9.59 Å². The molecule has 2 atom stereocenters. The van der Waals surface area contributed by atoms with Crippen molar-refractivity contribution >= 4 is 11.8 Å². The monoisotopic (exact) mass is 290 g/mol. The molecule has 1 saturated heterocycles. The summed E-state index contributed by atoms with van der Waals surface area (Å²) in [6.45, 7) is 2.32. The van der Waals surface area contributed by atoms with Crippen LogP contribution in [-0.2, 0) is 4.79 Å². The van der Waals surface area contributed by atoms with Crippen LogP contribution in [-0.4, -0.2) is 47.1 Å². The fourth-order valence-electron chi connectivity index (χ4n) is 2.72. The summed E-state index contributed by atoms with van der Waals surface area (Å²) in [4.78, 5) is 25.9. The summed E-state index contributed by atoms with van der Waals surface area (Å²) in [6.07, 6.45) is 2.24. The molecule has 0 saturated carbocycles. The van der Waals surface area contributed by atoms with E-state index >= 15 is 0 Å². The van der Waals surface area contributed by atoms with Crippen LogP contribution >= 0.6 is 0 Å². The lowest BCUT2D eigenvalue weighted by Gasteiger charge is -2.37. The fourth-order valence-corrected chi connectivity index (χ4v) is 2.72. The lowest BCUT2D eigenvalue weighted by molar-refractivity contribution is -0.136. The van der Waals surface area contributed by atoms with Crippen molar-refractivity contribution in [1.29, 1.82) is 0 Å². The molecular formula is C16H22N2O3. The van der Waals surface area contributed by atoms with Gasteiger partial charge in [-0.15, -0.1) is 0 Å². The SMILES string of the molecule is CC(O)C1CCCCN1C(=O)CNC(=O)c1ccccc1. The van der Waals surface area contributed by atoms with E-state index in [1.54, 1.807) is 36.1 Å². The maximum atomic E-state index is 12.2. The fraction of sp³-hybridized carbons (Fsp3) is 0.500. The zero-order valence-electron chi connectivity index (χ0n) is 12.3. The molecule has 114 valence electrons. The van der Waals surface area contributed by atoms with E-state index in [4.69, 9.17) is 0 Å². The van der Waals surface area contributed by atoms with E-state index in [2.05, 4.69) is 5.32 Å². The molecule has 1 aliphatic rings. The van der Waals surface area contributed by atoms with Gasteiger partial charge in [0.2, 0.25) is 5.91 Å². The first-order valence-corrected chi connectivity index (χ1v) is 7.40. The lowest BCUT2D eigenvalue weighted by Crippen LogP contribution is -2.51. The number of aliphatic hydroxyl groups excluding tert-OH is 1. The van der Waals surface area contributed by atoms with E-state index in [0.717, 1.165) is 19.3 Å². The quantitative estimate of drug-likeness (QED) is 0.875. The van der Waals surface area contributed by atoms with Crippen molar-refractivity contribution in [2.75, 3.05) is 13.1 Å². The summed E-state index contributed by atoms with van der Waals surface area (Å²) in [6, 6.07) is 8.68. The molecule has 1 aliphatic heterocycles. The molecule has 1 fully saturated rings. The number of carbonyl (C=O) groups is 2. The van der Waals surface area contributed by atoms with Gasteiger partial charge in [0.1, 0.15) is 0 Å². The molecule has 0 aromatic heterocycles. The van der Waals surface area contributed by atoms with E-state index < -0.39 is 6.10 Å². The van der Waals surface area contributed by atoms with Crippen LogP contribution in [0.15, 0.2) is 30.3 Å². The number of hydrogen-bond acceptors (Lipinski definition) is 3. The molecule has 0 bridgehead atoms. The number of hydrogen-bond donors (Lipinski definition) is 2. The van der Waals surface area contributed by atoms with Gasteiger partial charge in [-0.25, -0.2) is 0 Å². The number of rotatable bonds is 4. The Morgan fingerprint density at radius 3 is 2.71 bits per heavy atom. The van der Waals surface area contributed by atoms with Crippen LogP contribution in [0.25, 0.3) is 0 Å². The van der Waals surface area contributed by atoms with E-state index in [1.165, 1.54) is 0 Å². The Balaban J connectivity index is 1.90. The third-order valence-electron chi connectivity index (χ3n) is 3.86. The minimum Gasteiger partial charge on any atom is -0.391 e. The number of aliphatic hydroxyl groups is 1. The first-order valence-electron chi connectivity index (χ1n) is 7.40. The van der Waals surface area contributed by atoms with Gasteiger partial charge < -0.3 is 15.3 Å². The molecule has 0 spiro atoms. The minimum atomic E-state index is -0.543. The Labute approximate surface area is 125 Å². The molecule has 2 amide bonds. The number of likely N-dealkylation sites (tertiary alicyclic amines) is 1. The van der Waals surface area contributed by atoms with Gasteiger partial charge in [0.25, 0.3) is 5.91 Å². The highest BCUT2D eigenvalue weighted by Gasteiger charge is 2.29. The van der Waals surface area contributed by atoms with Gasteiger partial charge in [0, 0.05) is 12.1 Å². The predicted octanol–water partition coefficient (Wildman–Crippen LogP) is 1.18. The molecule has 1 aromatic carbocycles. The second-order valence-corrected chi connectivity index (χ2v) is 5.44. The van der Waals surface area contributed by atoms with Crippen molar-refractivity contribution in [1.82, 2.24) is 10.2 Å². The van der Waals surface area contributed by atoms with Crippen molar-refractivity contribution in [3.8, 4) is 0 Å². The van der Waals surface area contributed by atoms with Crippen LogP contribution in [0.3, 0.4) is 0 Å². The number of piperidine rings is 1. The average Bonchev–Trinajstić information content (AvgIpc) is 2.53. The molecule has 5 heteroatoms. The molecule has 0 radical (unpaired) electrons. The van der Waals surface area contributed by atoms with E-state index in [1.807, 2.05) is 6.07 Å². The Hall–Kier alpha value is -1.88. The second-order valence-electron chi connectivity index (χ2n) is 5.44. The maximum absolute atomic E-state index is 12.2. The first-order chi connectivity index (χ1) is 10.1. The lowest BCUT2D eigenvalue weighted by atomic mass is 9.98. The van der Waals surface area contributed by atoms with Gasteiger partial charge in [-0.1, -0.05) is 18.2 Å². The molecular weight excluding hydrogens is 268 g/mol. The molecule has 2 unspecified atom stereocenters. The Morgan fingerprint density at radius 1 is 1.33 bits per heavy atom. The molecule has 0 aliphatic carbocycles. The minimum absolute atomic E-state index is 0.0308. The summed E-state index contributed by atoms with van der Waals surface area (Å²) < 4.78 is 0. The largest absolute Gasteiger partial charge is 0.391 e. The number of carbonyl (C=O) groups excluding carboxylic acids is 2. The zero-order valence-corrected chi connectivity index (χ0v) is 12.3. The van der Waals surface area contributed by atoms with Crippen LogP contribution in [0.1, 0.15) is 36.5 Å². The standard InChI is InChI=1S/C16H22N2O3/c1-12(19)14-9-5-6-10-18(14)15(20)11-17-16(21)13-7-3-2-4-8-13/h2-4,7-8,12,14,19H,5-6,9-11H2,1H3,(H,17,21). The highest BCUT2D eigenvalue weighted by molar-refractivity contribution is 5.96. The van der Waals surface area contributed by atoms with Crippen LogP contribution in [0.5, 0.6) is 0 Å². The third kappa shape index (κ3) is 4.04. The number of nitrogens with one attached hydrogen (secondary N) is 1. The Kier molecular flexibility index (Phi) is 5.33. The van der Waals surface area contributed by atoms with E-state index in [-0.39, 0.29) is 24.4 Å². The molecule has 1 aromatic rings. The zero-order chi connectivity index (χ0) is 15.2. The van der Waals surface area contributed by atoms with Crippen LogP contribution in [0, 0.1) is 0 Å². The maximum Gasteiger partial charge on any atom is 0.251 e. The second kappa shape index (κ2) is 7.22. The molecule has 5 nitrogen and oxygen atoms in total. The molecule has 1 heterocycles. The van der Waals surface area contributed by atoms with Gasteiger partial charge in [-0.2, -0.15) is 0 Å². The van der Waals surface area contributed by atoms with Crippen LogP contribution in [0.2, 0.25) is 0 Å². The average molecular weight is 290 g/mol. The van der Waals surface area contributed by atoms with Crippen molar-refractivity contribution in [2.45, 2.75) is 38.3 Å². The smallest absolute Gasteiger partial charge is 0.251 e. The van der Waals surface area contributed by atoms with Crippen LogP contribution in [0.4, 0.5) is 0 Å². The number of amides is 2. The van der Waals surface area contributed by atoms with E-state index in [9.17, 15) is 14.7 Å². The molecule has 21 heavy (non-hydrogen) atoms. The van der Waals surface area contributed by atoms with Gasteiger partial charge >= 0.3 is 0 Å². The van der Waals surface area contributed by atoms with E-state index in [0.29, 0.717) is 12.1 Å².